The van der Waals surface area contributed by atoms with Crippen LogP contribution in [0.3, 0.4) is 0 Å². The molecule has 0 spiro atoms. The Bertz CT molecular complexity index is 323. The highest BCUT2D eigenvalue weighted by Crippen LogP contribution is 2.25. The van der Waals surface area contributed by atoms with Crippen molar-refractivity contribution in [3.63, 3.8) is 0 Å². The fourth-order valence-corrected chi connectivity index (χ4v) is 2.71. The molecule has 3 nitrogen and oxygen atoms in total. The molecule has 1 unspecified atom stereocenters. The number of carbonyl (C=O) groups excluding carboxylic acids is 1. The number of likely N-dealkylation sites (N-methyl/N-ethyl adjacent to an activating group) is 1. The van der Waals surface area contributed by atoms with Gasteiger partial charge in [-0.15, -0.1) is 11.3 Å². The van der Waals surface area contributed by atoms with Gasteiger partial charge in [0.05, 0.1) is 11.0 Å². The fraction of sp³-hybridized carbons (Fsp3) is 0.545. The third-order valence-electron chi connectivity index (χ3n) is 2.81. The van der Waals surface area contributed by atoms with Crippen LogP contribution in [0.25, 0.3) is 0 Å². The summed E-state index contributed by atoms with van der Waals surface area (Å²) in [4.78, 5) is 14.1. The van der Waals surface area contributed by atoms with Crippen LogP contribution in [0.2, 0.25) is 0 Å². The van der Waals surface area contributed by atoms with Crippen LogP contribution >= 0.6 is 11.3 Å². The molecule has 1 aliphatic heterocycles. The van der Waals surface area contributed by atoms with Crippen LogP contribution in [0.4, 0.5) is 5.00 Å². The number of anilines is 1. The van der Waals surface area contributed by atoms with E-state index < -0.39 is 0 Å². The van der Waals surface area contributed by atoms with Crippen molar-refractivity contribution >= 4 is 22.2 Å². The Morgan fingerprint density at radius 2 is 2.40 bits per heavy atom. The quantitative estimate of drug-likeness (QED) is 0.831. The maximum atomic E-state index is 12.1. The zero-order chi connectivity index (χ0) is 10.7. The van der Waals surface area contributed by atoms with Crippen LogP contribution < -0.4 is 10.2 Å². The van der Waals surface area contributed by atoms with Gasteiger partial charge < -0.3 is 10.2 Å². The van der Waals surface area contributed by atoms with Gasteiger partial charge in [-0.3, -0.25) is 4.79 Å². The summed E-state index contributed by atoms with van der Waals surface area (Å²) in [5.41, 5.74) is 0. The van der Waals surface area contributed by atoms with Crippen LogP contribution in [0.15, 0.2) is 17.5 Å². The zero-order valence-corrected chi connectivity index (χ0v) is 9.72. The molecule has 1 saturated heterocycles. The summed E-state index contributed by atoms with van der Waals surface area (Å²) in [5, 5.41) is 6.19. The molecule has 0 aliphatic carbocycles. The van der Waals surface area contributed by atoms with Crippen molar-refractivity contribution < 1.29 is 4.79 Å². The SMILES string of the molecule is CNC1CCCCN(c2cccs2)C1=O. The van der Waals surface area contributed by atoms with Gasteiger partial charge in [-0.05, 0) is 43.8 Å². The summed E-state index contributed by atoms with van der Waals surface area (Å²) in [7, 11) is 1.86. The molecule has 0 saturated carbocycles. The van der Waals surface area contributed by atoms with Gasteiger partial charge in [-0.1, -0.05) is 0 Å². The fourth-order valence-electron chi connectivity index (χ4n) is 1.95. The van der Waals surface area contributed by atoms with Crippen LogP contribution in [0, 0.1) is 0 Å². The van der Waals surface area contributed by atoms with Gasteiger partial charge in [0.1, 0.15) is 0 Å². The zero-order valence-electron chi connectivity index (χ0n) is 8.90. The van der Waals surface area contributed by atoms with Crippen molar-refractivity contribution in [1.29, 1.82) is 0 Å². The van der Waals surface area contributed by atoms with E-state index in [1.165, 1.54) is 0 Å². The normalized spacial score (nSPS) is 22.9. The molecule has 0 aromatic carbocycles. The Kier molecular flexibility index (Phi) is 3.38. The van der Waals surface area contributed by atoms with Crippen LogP contribution in [0.1, 0.15) is 19.3 Å². The molecule has 1 atom stereocenters. The first kappa shape index (κ1) is 10.6. The molecule has 0 radical (unpaired) electrons. The van der Waals surface area contributed by atoms with E-state index in [2.05, 4.69) is 5.32 Å². The van der Waals surface area contributed by atoms with Gasteiger partial charge in [0, 0.05) is 6.54 Å². The van der Waals surface area contributed by atoms with E-state index >= 15 is 0 Å². The molecule has 82 valence electrons. The van der Waals surface area contributed by atoms with E-state index in [1.807, 2.05) is 29.5 Å². The lowest BCUT2D eigenvalue weighted by Crippen LogP contribution is -2.43. The molecular formula is C11H16N2OS. The largest absolute Gasteiger partial charge is 0.309 e. The maximum Gasteiger partial charge on any atom is 0.244 e. The highest BCUT2D eigenvalue weighted by atomic mass is 32.1. The number of amides is 1. The van der Waals surface area contributed by atoms with E-state index in [0.717, 1.165) is 30.8 Å². The Morgan fingerprint density at radius 1 is 1.53 bits per heavy atom. The van der Waals surface area contributed by atoms with Crippen molar-refractivity contribution in [3.05, 3.63) is 17.5 Å². The molecule has 15 heavy (non-hydrogen) atoms. The minimum atomic E-state index is -0.00500. The van der Waals surface area contributed by atoms with Crippen LogP contribution in [0.5, 0.6) is 0 Å². The lowest BCUT2D eigenvalue weighted by Gasteiger charge is -2.22. The average Bonchev–Trinajstić information content (AvgIpc) is 2.70. The molecule has 1 N–H and O–H groups in total. The lowest BCUT2D eigenvalue weighted by molar-refractivity contribution is -0.120. The smallest absolute Gasteiger partial charge is 0.244 e. The van der Waals surface area contributed by atoms with E-state index in [-0.39, 0.29) is 11.9 Å². The molecule has 1 aromatic heterocycles. The summed E-state index contributed by atoms with van der Waals surface area (Å²) >= 11 is 1.63. The van der Waals surface area contributed by atoms with Crippen LogP contribution in [-0.2, 0) is 4.79 Å². The van der Waals surface area contributed by atoms with Crippen molar-refractivity contribution in [2.24, 2.45) is 0 Å². The number of carbonyl (C=O) groups is 1. The molecule has 0 bridgehead atoms. The number of nitrogens with zero attached hydrogens (tertiary/aromatic N) is 1. The Labute approximate surface area is 94.1 Å². The summed E-state index contributed by atoms with van der Waals surface area (Å²) in [6.45, 7) is 0.859. The minimum Gasteiger partial charge on any atom is -0.309 e. The first-order chi connectivity index (χ1) is 7.33. The van der Waals surface area contributed by atoms with Crippen molar-refractivity contribution in [2.45, 2.75) is 25.3 Å². The Morgan fingerprint density at radius 3 is 3.07 bits per heavy atom. The summed E-state index contributed by atoms with van der Waals surface area (Å²) in [6, 6.07) is 4.00. The van der Waals surface area contributed by atoms with Gasteiger partial charge in [0.25, 0.3) is 0 Å². The van der Waals surface area contributed by atoms with Crippen molar-refractivity contribution in [2.75, 3.05) is 18.5 Å². The van der Waals surface area contributed by atoms with Crippen molar-refractivity contribution in [1.82, 2.24) is 5.32 Å². The number of hydrogen-bond acceptors (Lipinski definition) is 3. The topological polar surface area (TPSA) is 32.3 Å². The predicted molar refractivity (Wildman–Crippen MR) is 63.4 cm³/mol. The van der Waals surface area contributed by atoms with E-state index in [1.54, 1.807) is 11.3 Å². The standard InChI is InChI=1S/C11H16N2OS/c1-12-9-5-2-3-7-13(11(9)14)10-6-4-8-15-10/h4,6,8-9,12H,2-3,5,7H2,1H3. The van der Waals surface area contributed by atoms with Gasteiger partial charge in [-0.25, -0.2) is 0 Å². The number of thiophene rings is 1. The molecular weight excluding hydrogens is 208 g/mol. The Hall–Kier alpha value is -0.870. The van der Waals surface area contributed by atoms with E-state index in [0.29, 0.717) is 0 Å². The molecule has 2 heterocycles. The third-order valence-corrected chi connectivity index (χ3v) is 3.70. The minimum absolute atomic E-state index is 0.00500. The monoisotopic (exact) mass is 224 g/mol. The summed E-state index contributed by atoms with van der Waals surface area (Å²) < 4.78 is 0. The van der Waals surface area contributed by atoms with Gasteiger partial charge in [0.2, 0.25) is 5.91 Å². The van der Waals surface area contributed by atoms with Gasteiger partial charge in [-0.2, -0.15) is 0 Å². The number of nitrogens with one attached hydrogen (secondary N) is 1. The molecule has 2 rings (SSSR count). The average molecular weight is 224 g/mol. The van der Waals surface area contributed by atoms with Crippen LogP contribution in [-0.4, -0.2) is 25.5 Å². The lowest BCUT2D eigenvalue weighted by atomic mass is 10.1. The number of rotatable bonds is 2. The molecule has 1 aliphatic rings. The predicted octanol–water partition coefficient (Wildman–Crippen LogP) is 1.85. The van der Waals surface area contributed by atoms with Gasteiger partial charge in [0.15, 0.2) is 0 Å². The molecule has 4 heteroatoms. The Balaban J connectivity index is 2.19. The highest BCUT2D eigenvalue weighted by Gasteiger charge is 2.26. The second-order valence-corrected chi connectivity index (χ2v) is 4.70. The molecule has 1 fully saturated rings. The van der Waals surface area contributed by atoms with Gasteiger partial charge >= 0.3 is 0 Å². The molecule has 1 amide bonds. The summed E-state index contributed by atoms with van der Waals surface area (Å²) in [6.07, 6.45) is 3.18. The second kappa shape index (κ2) is 4.77. The van der Waals surface area contributed by atoms with Crippen molar-refractivity contribution in [3.8, 4) is 0 Å². The molecule has 1 aromatic rings. The first-order valence-electron chi connectivity index (χ1n) is 5.35. The van der Waals surface area contributed by atoms with E-state index in [4.69, 9.17) is 0 Å². The van der Waals surface area contributed by atoms with E-state index in [9.17, 15) is 4.79 Å². The maximum absolute atomic E-state index is 12.1. The second-order valence-electron chi connectivity index (χ2n) is 3.78. The number of hydrogen-bond donors (Lipinski definition) is 1. The third kappa shape index (κ3) is 2.21. The highest BCUT2D eigenvalue weighted by molar-refractivity contribution is 7.14. The summed E-state index contributed by atoms with van der Waals surface area (Å²) in [5.74, 6) is 0.220. The first-order valence-corrected chi connectivity index (χ1v) is 6.23.